The molecule has 0 unspecified atom stereocenters. The van der Waals surface area contributed by atoms with Crippen LogP contribution in [0.4, 0.5) is 0 Å². The second-order valence-corrected chi connectivity index (χ2v) is 5.19. The summed E-state index contributed by atoms with van der Waals surface area (Å²) in [7, 11) is 2.17. The van der Waals surface area contributed by atoms with E-state index >= 15 is 0 Å². The quantitative estimate of drug-likeness (QED) is 0.893. The molecular weight excluding hydrogens is 240 g/mol. The molecule has 102 valence electrons. The van der Waals surface area contributed by atoms with Crippen molar-refractivity contribution in [1.29, 1.82) is 0 Å². The summed E-state index contributed by atoms with van der Waals surface area (Å²) in [5.74, 6) is 0.603. The van der Waals surface area contributed by atoms with Gasteiger partial charge in [-0.3, -0.25) is 4.90 Å². The third-order valence-electron chi connectivity index (χ3n) is 3.67. The van der Waals surface area contributed by atoms with Crippen LogP contribution in [0, 0.1) is 0 Å². The first-order chi connectivity index (χ1) is 9.24. The lowest BCUT2D eigenvalue weighted by Gasteiger charge is -2.32. The van der Waals surface area contributed by atoms with Crippen molar-refractivity contribution in [2.24, 2.45) is 5.73 Å². The molecule has 2 heterocycles. The minimum absolute atomic E-state index is 0.350. The molecule has 5 heteroatoms. The summed E-state index contributed by atoms with van der Waals surface area (Å²) in [6.07, 6.45) is 0. The summed E-state index contributed by atoms with van der Waals surface area (Å²) >= 11 is 0. The van der Waals surface area contributed by atoms with E-state index < -0.39 is 0 Å². The summed E-state index contributed by atoms with van der Waals surface area (Å²) in [4.78, 5) is 9.22. The Hall–Kier alpha value is -1.43. The van der Waals surface area contributed by atoms with Gasteiger partial charge < -0.3 is 15.1 Å². The van der Waals surface area contributed by atoms with Gasteiger partial charge in [-0.15, -0.1) is 0 Å². The van der Waals surface area contributed by atoms with E-state index in [1.165, 1.54) is 5.56 Å². The van der Waals surface area contributed by atoms with Crippen LogP contribution in [0.25, 0.3) is 11.1 Å². The molecule has 0 bridgehead atoms. The van der Waals surface area contributed by atoms with Gasteiger partial charge in [-0.25, -0.2) is 4.98 Å². The molecule has 1 fully saturated rings. The van der Waals surface area contributed by atoms with Gasteiger partial charge >= 0.3 is 0 Å². The molecule has 0 atom stereocenters. The molecule has 0 radical (unpaired) electrons. The Kier molecular flexibility index (Phi) is 3.50. The fourth-order valence-corrected chi connectivity index (χ4v) is 2.47. The molecule has 0 saturated carbocycles. The summed E-state index contributed by atoms with van der Waals surface area (Å²) in [5.41, 5.74) is 8.56. The van der Waals surface area contributed by atoms with E-state index in [9.17, 15) is 0 Å². The van der Waals surface area contributed by atoms with E-state index in [-0.39, 0.29) is 0 Å². The normalized spacial score (nSPS) is 18.2. The fourth-order valence-electron chi connectivity index (χ4n) is 2.47. The van der Waals surface area contributed by atoms with Gasteiger partial charge in [0.25, 0.3) is 0 Å². The lowest BCUT2D eigenvalue weighted by molar-refractivity contribution is 0.148. The minimum Gasteiger partial charge on any atom is -0.439 e. The molecule has 1 aliphatic heterocycles. The highest BCUT2D eigenvalue weighted by molar-refractivity contribution is 5.73. The molecule has 19 heavy (non-hydrogen) atoms. The number of rotatable bonds is 3. The second-order valence-electron chi connectivity index (χ2n) is 5.19. The monoisotopic (exact) mass is 260 g/mol. The van der Waals surface area contributed by atoms with Crippen LogP contribution in [0.3, 0.4) is 0 Å². The molecule has 0 aliphatic carbocycles. The lowest BCUT2D eigenvalue weighted by atomic mass is 10.2. The van der Waals surface area contributed by atoms with Crippen molar-refractivity contribution in [3.63, 3.8) is 0 Å². The van der Waals surface area contributed by atoms with E-state index in [0.29, 0.717) is 12.4 Å². The van der Waals surface area contributed by atoms with Crippen molar-refractivity contribution in [3.05, 3.63) is 29.7 Å². The summed E-state index contributed by atoms with van der Waals surface area (Å²) in [5, 5.41) is 0. The van der Waals surface area contributed by atoms with Crippen molar-refractivity contribution in [2.75, 3.05) is 33.2 Å². The molecule has 1 aliphatic rings. The maximum Gasteiger partial charge on any atom is 0.209 e. The minimum atomic E-state index is 0.350. The number of likely N-dealkylation sites (N-methyl/N-ethyl adjacent to an activating group) is 1. The Morgan fingerprint density at radius 3 is 2.79 bits per heavy atom. The standard InChI is InChI=1S/C14H20N4O/c1-17-4-6-18(7-5-17)10-11-2-3-13-12(8-11)16-14(9-15)19-13/h2-3,8H,4-7,9-10,15H2,1H3. The van der Waals surface area contributed by atoms with Crippen molar-refractivity contribution in [1.82, 2.24) is 14.8 Å². The van der Waals surface area contributed by atoms with Crippen LogP contribution in [-0.2, 0) is 13.1 Å². The van der Waals surface area contributed by atoms with Crippen LogP contribution in [-0.4, -0.2) is 48.0 Å². The number of fused-ring (bicyclic) bond motifs is 1. The zero-order chi connectivity index (χ0) is 13.2. The smallest absolute Gasteiger partial charge is 0.209 e. The van der Waals surface area contributed by atoms with Gasteiger partial charge in [0.05, 0.1) is 6.54 Å². The van der Waals surface area contributed by atoms with E-state index in [1.807, 2.05) is 6.07 Å². The van der Waals surface area contributed by atoms with Crippen LogP contribution < -0.4 is 5.73 Å². The third kappa shape index (κ3) is 2.78. The van der Waals surface area contributed by atoms with E-state index in [0.717, 1.165) is 43.8 Å². The van der Waals surface area contributed by atoms with Crippen LogP contribution >= 0.6 is 0 Å². The molecule has 1 aromatic heterocycles. The Bertz CT molecular complexity index is 558. The van der Waals surface area contributed by atoms with Gasteiger partial charge in [-0.2, -0.15) is 0 Å². The molecule has 0 spiro atoms. The summed E-state index contributed by atoms with van der Waals surface area (Å²) < 4.78 is 5.52. The van der Waals surface area contributed by atoms with Gasteiger partial charge in [0.2, 0.25) is 5.89 Å². The molecule has 3 rings (SSSR count). The van der Waals surface area contributed by atoms with Crippen molar-refractivity contribution >= 4 is 11.1 Å². The summed E-state index contributed by atoms with van der Waals surface area (Å²) in [6.45, 7) is 5.87. The largest absolute Gasteiger partial charge is 0.439 e. The predicted octanol–water partition coefficient (Wildman–Crippen LogP) is 1.03. The van der Waals surface area contributed by atoms with Gasteiger partial charge in [-0.1, -0.05) is 6.07 Å². The first-order valence-corrected chi connectivity index (χ1v) is 6.74. The maximum absolute atomic E-state index is 5.55. The van der Waals surface area contributed by atoms with E-state index in [2.05, 4.69) is 34.0 Å². The van der Waals surface area contributed by atoms with E-state index in [4.69, 9.17) is 10.2 Å². The number of piperazine rings is 1. The molecule has 0 amide bonds. The van der Waals surface area contributed by atoms with Crippen molar-refractivity contribution in [2.45, 2.75) is 13.1 Å². The topological polar surface area (TPSA) is 58.5 Å². The highest BCUT2D eigenvalue weighted by Crippen LogP contribution is 2.18. The fraction of sp³-hybridized carbons (Fsp3) is 0.500. The average molecular weight is 260 g/mol. The Morgan fingerprint density at radius 2 is 2.05 bits per heavy atom. The number of benzene rings is 1. The number of nitrogens with zero attached hydrogens (tertiary/aromatic N) is 3. The van der Waals surface area contributed by atoms with Gasteiger partial charge in [0.1, 0.15) is 5.52 Å². The first kappa shape index (κ1) is 12.6. The van der Waals surface area contributed by atoms with Crippen LogP contribution in [0.2, 0.25) is 0 Å². The van der Waals surface area contributed by atoms with Gasteiger partial charge in [0.15, 0.2) is 5.58 Å². The predicted molar refractivity (Wildman–Crippen MR) is 74.7 cm³/mol. The first-order valence-electron chi connectivity index (χ1n) is 6.74. The number of nitrogens with two attached hydrogens (primary N) is 1. The highest BCUT2D eigenvalue weighted by Gasteiger charge is 2.14. The Labute approximate surface area is 113 Å². The lowest BCUT2D eigenvalue weighted by Crippen LogP contribution is -2.43. The van der Waals surface area contributed by atoms with Gasteiger partial charge in [0, 0.05) is 32.7 Å². The van der Waals surface area contributed by atoms with Crippen molar-refractivity contribution < 1.29 is 4.42 Å². The molecule has 1 aromatic carbocycles. The van der Waals surface area contributed by atoms with Crippen LogP contribution in [0.15, 0.2) is 22.6 Å². The van der Waals surface area contributed by atoms with Crippen molar-refractivity contribution in [3.8, 4) is 0 Å². The molecule has 2 N–H and O–H groups in total. The van der Waals surface area contributed by atoms with Crippen LogP contribution in [0.1, 0.15) is 11.5 Å². The molecular formula is C14H20N4O. The Balaban J connectivity index is 1.74. The summed E-state index contributed by atoms with van der Waals surface area (Å²) in [6, 6.07) is 6.22. The molecule has 5 nitrogen and oxygen atoms in total. The molecule has 1 saturated heterocycles. The van der Waals surface area contributed by atoms with Crippen LogP contribution in [0.5, 0.6) is 0 Å². The highest BCUT2D eigenvalue weighted by atomic mass is 16.3. The zero-order valence-corrected chi connectivity index (χ0v) is 11.3. The number of hydrogen-bond donors (Lipinski definition) is 1. The number of aromatic nitrogens is 1. The molecule has 2 aromatic rings. The zero-order valence-electron chi connectivity index (χ0n) is 11.3. The van der Waals surface area contributed by atoms with Gasteiger partial charge in [-0.05, 0) is 24.7 Å². The number of oxazole rings is 1. The maximum atomic E-state index is 5.55. The second kappa shape index (κ2) is 5.28. The van der Waals surface area contributed by atoms with E-state index in [1.54, 1.807) is 0 Å². The Morgan fingerprint density at radius 1 is 1.26 bits per heavy atom. The third-order valence-corrected chi connectivity index (χ3v) is 3.67. The number of hydrogen-bond acceptors (Lipinski definition) is 5. The average Bonchev–Trinajstić information content (AvgIpc) is 2.83. The SMILES string of the molecule is CN1CCN(Cc2ccc3oc(CN)nc3c2)CC1.